The molecule has 0 saturated carbocycles. The lowest BCUT2D eigenvalue weighted by Crippen LogP contribution is -2.37. The van der Waals surface area contributed by atoms with E-state index >= 15 is 0 Å². The first-order valence-electron chi connectivity index (χ1n) is 8.78. The highest BCUT2D eigenvalue weighted by atomic mass is 16.7. The molecule has 0 unspecified atom stereocenters. The van der Waals surface area contributed by atoms with Crippen molar-refractivity contribution in [1.82, 2.24) is 10.6 Å². The van der Waals surface area contributed by atoms with E-state index in [2.05, 4.69) is 28.6 Å². The Morgan fingerprint density at radius 2 is 1.96 bits per heavy atom. The van der Waals surface area contributed by atoms with Crippen molar-refractivity contribution >= 4 is 5.96 Å². The van der Waals surface area contributed by atoms with Crippen LogP contribution < -0.4 is 24.8 Å². The van der Waals surface area contributed by atoms with E-state index in [-0.39, 0.29) is 0 Å². The number of hydrogen-bond donors (Lipinski definition) is 2. The van der Waals surface area contributed by atoms with E-state index in [1.54, 1.807) is 7.05 Å². The maximum Gasteiger partial charge on any atom is 0.231 e. The average molecular weight is 355 g/mol. The molecule has 0 amide bonds. The van der Waals surface area contributed by atoms with Crippen LogP contribution in [0.3, 0.4) is 0 Å². The van der Waals surface area contributed by atoms with E-state index in [1.807, 2.05) is 36.4 Å². The van der Waals surface area contributed by atoms with E-state index < -0.39 is 0 Å². The average Bonchev–Trinajstić information content (AvgIpc) is 3.13. The molecule has 2 N–H and O–H groups in total. The Hall–Kier alpha value is -2.89. The molecule has 2 aromatic rings. The van der Waals surface area contributed by atoms with Gasteiger partial charge in [-0.05, 0) is 42.7 Å². The summed E-state index contributed by atoms with van der Waals surface area (Å²) < 4.78 is 16.5. The van der Waals surface area contributed by atoms with Gasteiger partial charge in [0.1, 0.15) is 5.75 Å². The van der Waals surface area contributed by atoms with Gasteiger partial charge in [0, 0.05) is 20.1 Å². The van der Waals surface area contributed by atoms with Gasteiger partial charge in [-0.25, -0.2) is 0 Å². The number of hydrogen-bond acceptors (Lipinski definition) is 4. The minimum absolute atomic E-state index is 0.292. The van der Waals surface area contributed by atoms with Crippen molar-refractivity contribution in [2.75, 3.05) is 27.0 Å². The first kappa shape index (κ1) is 17.9. The molecular formula is C20H25N3O3. The van der Waals surface area contributed by atoms with Crippen LogP contribution in [0.25, 0.3) is 0 Å². The predicted molar refractivity (Wildman–Crippen MR) is 102 cm³/mol. The second-order valence-corrected chi connectivity index (χ2v) is 6.01. The molecule has 0 spiro atoms. The van der Waals surface area contributed by atoms with Crippen LogP contribution in [-0.4, -0.2) is 33.0 Å². The van der Waals surface area contributed by atoms with Gasteiger partial charge in [-0.15, -0.1) is 0 Å². The first-order chi connectivity index (χ1) is 12.8. The van der Waals surface area contributed by atoms with Crippen LogP contribution in [0, 0.1) is 6.92 Å². The van der Waals surface area contributed by atoms with Gasteiger partial charge in [0.2, 0.25) is 6.79 Å². The summed E-state index contributed by atoms with van der Waals surface area (Å²) in [5, 5.41) is 6.59. The monoisotopic (exact) mass is 355 g/mol. The van der Waals surface area contributed by atoms with Crippen molar-refractivity contribution in [2.24, 2.45) is 4.99 Å². The third kappa shape index (κ3) is 4.81. The van der Waals surface area contributed by atoms with Crippen molar-refractivity contribution in [3.8, 4) is 17.2 Å². The second-order valence-electron chi connectivity index (χ2n) is 6.01. The molecule has 138 valence electrons. The van der Waals surface area contributed by atoms with Crippen LogP contribution in [0.1, 0.15) is 17.5 Å². The zero-order valence-corrected chi connectivity index (χ0v) is 15.2. The van der Waals surface area contributed by atoms with Crippen LogP contribution in [-0.2, 0) is 6.54 Å². The number of fused-ring (bicyclic) bond motifs is 1. The molecule has 6 heteroatoms. The number of nitrogens with one attached hydrogen (secondary N) is 2. The molecule has 6 nitrogen and oxygen atoms in total. The largest absolute Gasteiger partial charge is 0.493 e. The molecule has 0 saturated heterocycles. The van der Waals surface area contributed by atoms with Crippen LogP contribution in [0.4, 0.5) is 0 Å². The Morgan fingerprint density at radius 1 is 1.12 bits per heavy atom. The smallest absolute Gasteiger partial charge is 0.231 e. The number of nitrogens with zero attached hydrogens (tertiary/aromatic N) is 1. The second kappa shape index (κ2) is 8.99. The molecule has 1 heterocycles. The summed E-state index contributed by atoms with van der Waals surface area (Å²) in [5.74, 6) is 3.29. The van der Waals surface area contributed by atoms with Crippen LogP contribution in [0.2, 0.25) is 0 Å². The number of ether oxygens (including phenoxy) is 3. The number of rotatable bonds is 7. The summed E-state index contributed by atoms with van der Waals surface area (Å²) in [7, 11) is 1.76. The maximum absolute atomic E-state index is 5.80. The SMILES string of the molecule is CN=C(NCCCOc1ccccc1C)NCc1ccc2c(c1)OCO2. The standard InChI is InChI=1S/C20H25N3O3/c1-15-6-3-4-7-17(15)24-11-5-10-22-20(21-2)23-13-16-8-9-18-19(12-16)26-14-25-18/h3-4,6-9,12H,5,10-11,13-14H2,1-2H3,(H2,21,22,23). The van der Waals surface area contributed by atoms with Crippen LogP contribution in [0.15, 0.2) is 47.5 Å². The number of guanidine groups is 1. The van der Waals surface area contributed by atoms with Crippen molar-refractivity contribution in [1.29, 1.82) is 0 Å². The lowest BCUT2D eigenvalue weighted by molar-refractivity contribution is 0.174. The molecular weight excluding hydrogens is 330 g/mol. The quantitative estimate of drug-likeness (QED) is 0.454. The van der Waals surface area contributed by atoms with E-state index in [9.17, 15) is 0 Å². The van der Waals surface area contributed by atoms with Gasteiger partial charge in [0.05, 0.1) is 6.61 Å². The van der Waals surface area contributed by atoms with Crippen molar-refractivity contribution in [2.45, 2.75) is 19.9 Å². The normalized spacial score (nSPS) is 12.8. The van der Waals surface area contributed by atoms with Crippen molar-refractivity contribution < 1.29 is 14.2 Å². The van der Waals surface area contributed by atoms with E-state index in [0.29, 0.717) is 19.9 Å². The topological polar surface area (TPSA) is 64.1 Å². The molecule has 0 radical (unpaired) electrons. The van der Waals surface area contributed by atoms with Gasteiger partial charge in [-0.2, -0.15) is 0 Å². The Morgan fingerprint density at radius 3 is 2.81 bits per heavy atom. The van der Waals surface area contributed by atoms with E-state index in [4.69, 9.17) is 14.2 Å². The zero-order chi connectivity index (χ0) is 18.2. The van der Waals surface area contributed by atoms with Crippen molar-refractivity contribution in [3.63, 3.8) is 0 Å². The molecule has 2 aromatic carbocycles. The highest BCUT2D eigenvalue weighted by Crippen LogP contribution is 2.32. The first-order valence-corrected chi connectivity index (χ1v) is 8.78. The Labute approximate surface area is 154 Å². The number of benzene rings is 2. The Bertz CT molecular complexity index is 762. The van der Waals surface area contributed by atoms with Crippen LogP contribution in [0.5, 0.6) is 17.2 Å². The molecule has 1 aliphatic rings. The van der Waals surface area contributed by atoms with Gasteiger partial charge >= 0.3 is 0 Å². The summed E-state index contributed by atoms with van der Waals surface area (Å²) in [4.78, 5) is 4.24. The third-order valence-electron chi connectivity index (χ3n) is 4.09. The molecule has 0 aromatic heterocycles. The summed E-state index contributed by atoms with van der Waals surface area (Å²) in [6.07, 6.45) is 0.888. The summed E-state index contributed by atoms with van der Waals surface area (Å²) in [6.45, 7) is 4.45. The zero-order valence-electron chi connectivity index (χ0n) is 15.2. The number of aryl methyl sites for hydroxylation is 1. The summed E-state index contributed by atoms with van der Waals surface area (Å²) in [6, 6.07) is 14.0. The number of para-hydroxylation sites is 1. The lowest BCUT2D eigenvalue weighted by Gasteiger charge is -2.13. The van der Waals surface area contributed by atoms with Gasteiger partial charge in [-0.3, -0.25) is 4.99 Å². The molecule has 0 bridgehead atoms. The minimum atomic E-state index is 0.292. The summed E-state index contributed by atoms with van der Waals surface area (Å²) in [5.41, 5.74) is 2.27. The van der Waals surface area contributed by atoms with Gasteiger partial charge in [-0.1, -0.05) is 24.3 Å². The predicted octanol–water partition coefficient (Wildman–Crippen LogP) is 2.86. The fraction of sp³-hybridized carbons (Fsp3) is 0.350. The van der Waals surface area contributed by atoms with Gasteiger partial charge in [0.15, 0.2) is 17.5 Å². The molecule has 3 rings (SSSR count). The highest BCUT2D eigenvalue weighted by Gasteiger charge is 2.13. The fourth-order valence-electron chi connectivity index (χ4n) is 2.64. The van der Waals surface area contributed by atoms with Crippen LogP contribution >= 0.6 is 0 Å². The van der Waals surface area contributed by atoms with Crippen molar-refractivity contribution in [3.05, 3.63) is 53.6 Å². The van der Waals surface area contributed by atoms with E-state index in [0.717, 1.165) is 47.3 Å². The third-order valence-corrected chi connectivity index (χ3v) is 4.09. The maximum atomic E-state index is 5.80. The highest BCUT2D eigenvalue weighted by molar-refractivity contribution is 5.79. The molecule has 0 fully saturated rings. The Kier molecular flexibility index (Phi) is 6.19. The summed E-state index contributed by atoms with van der Waals surface area (Å²) >= 11 is 0. The fourth-order valence-corrected chi connectivity index (χ4v) is 2.64. The Balaban J connectivity index is 1.36. The molecule has 26 heavy (non-hydrogen) atoms. The molecule has 0 atom stereocenters. The van der Waals surface area contributed by atoms with Gasteiger partial charge in [0.25, 0.3) is 0 Å². The van der Waals surface area contributed by atoms with Gasteiger partial charge < -0.3 is 24.8 Å². The minimum Gasteiger partial charge on any atom is -0.493 e. The van der Waals surface area contributed by atoms with E-state index in [1.165, 1.54) is 0 Å². The molecule has 1 aliphatic heterocycles. The molecule has 0 aliphatic carbocycles. The lowest BCUT2D eigenvalue weighted by atomic mass is 10.2. The number of aliphatic imine (C=N–C) groups is 1.